The van der Waals surface area contributed by atoms with Crippen LogP contribution < -0.4 is 10.6 Å². The van der Waals surface area contributed by atoms with Crippen molar-refractivity contribution in [2.45, 2.75) is 31.4 Å². The normalized spacial score (nSPS) is 22.5. The minimum Gasteiger partial charge on any atom is -0.353 e. The molecular weight excluding hydrogens is 437 g/mol. The molecule has 0 saturated carbocycles. The number of carbonyl (C=O) groups is 1. The first-order valence-corrected chi connectivity index (χ1v) is 10.8. The summed E-state index contributed by atoms with van der Waals surface area (Å²) in [5.74, 6) is 0.637. The van der Waals surface area contributed by atoms with E-state index in [-0.39, 0.29) is 24.3 Å². The van der Waals surface area contributed by atoms with Gasteiger partial charge in [-0.1, -0.05) is 35.0 Å². The molecule has 1 aliphatic carbocycles. The maximum absolute atomic E-state index is 14.2. The predicted molar refractivity (Wildman–Crippen MR) is 114 cm³/mol. The molecule has 1 unspecified atom stereocenters. The molecule has 1 saturated heterocycles. The summed E-state index contributed by atoms with van der Waals surface area (Å²) in [6, 6.07) is 7.74. The monoisotopic (exact) mass is 461 g/mol. The van der Waals surface area contributed by atoms with Crippen LogP contribution in [0.15, 0.2) is 35.1 Å². The SMILES string of the molecule is C[C@@H]1C[C@@H](F)c2ncnc(N3CCN(C(=O)C(CN)c4ccc(Br)cc4)CC3)c21. The number of carbonyl (C=O) groups excluding carboxylic acids is 1. The van der Waals surface area contributed by atoms with E-state index in [1.54, 1.807) is 0 Å². The van der Waals surface area contributed by atoms with Crippen molar-refractivity contribution < 1.29 is 9.18 Å². The molecule has 4 rings (SSSR count). The van der Waals surface area contributed by atoms with Gasteiger partial charge < -0.3 is 15.5 Å². The first-order valence-electron chi connectivity index (χ1n) is 9.97. The van der Waals surface area contributed by atoms with Gasteiger partial charge in [0.25, 0.3) is 0 Å². The highest BCUT2D eigenvalue weighted by Gasteiger charge is 2.35. The van der Waals surface area contributed by atoms with Crippen molar-refractivity contribution in [1.29, 1.82) is 0 Å². The molecule has 29 heavy (non-hydrogen) atoms. The molecule has 8 heteroatoms. The zero-order valence-corrected chi connectivity index (χ0v) is 18.0. The van der Waals surface area contributed by atoms with Crippen LogP contribution in [0.4, 0.5) is 10.2 Å². The Morgan fingerprint density at radius 1 is 1.24 bits per heavy atom. The number of fused-ring (bicyclic) bond motifs is 1. The fraction of sp³-hybridized carbons (Fsp3) is 0.476. The van der Waals surface area contributed by atoms with Gasteiger partial charge in [-0.25, -0.2) is 14.4 Å². The third-order valence-corrected chi connectivity index (χ3v) is 6.47. The van der Waals surface area contributed by atoms with Crippen LogP contribution in [0, 0.1) is 0 Å². The number of nitrogens with zero attached hydrogens (tertiary/aromatic N) is 4. The van der Waals surface area contributed by atoms with Crippen molar-refractivity contribution in [2.75, 3.05) is 37.6 Å². The van der Waals surface area contributed by atoms with Crippen molar-refractivity contribution in [3.05, 3.63) is 51.9 Å². The first kappa shape index (κ1) is 20.2. The lowest BCUT2D eigenvalue weighted by molar-refractivity contribution is -0.132. The zero-order chi connectivity index (χ0) is 20.5. The van der Waals surface area contributed by atoms with Gasteiger partial charge in [0.05, 0.1) is 11.6 Å². The van der Waals surface area contributed by atoms with E-state index in [4.69, 9.17) is 5.73 Å². The number of halogens is 2. The molecule has 0 bridgehead atoms. The molecule has 154 valence electrons. The number of hydrogen-bond acceptors (Lipinski definition) is 5. The number of aromatic nitrogens is 2. The molecule has 2 heterocycles. The number of nitrogens with two attached hydrogens (primary N) is 1. The van der Waals surface area contributed by atoms with E-state index in [0.29, 0.717) is 38.3 Å². The van der Waals surface area contributed by atoms with E-state index in [0.717, 1.165) is 21.4 Å². The Kier molecular flexibility index (Phi) is 5.83. The molecule has 2 N–H and O–H groups in total. The minimum absolute atomic E-state index is 0.0552. The summed E-state index contributed by atoms with van der Waals surface area (Å²) in [4.78, 5) is 25.7. The van der Waals surface area contributed by atoms with Crippen molar-refractivity contribution >= 4 is 27.7 Å². The Bertz CT molecular complexity index is 885. The van der Waals surface area contributed by atoms with Crippen molar-refractivity contribution in [1.82, 2.24) is 14.9 Å². The molecule has 1 aromatic heterocycles. The van der Waals surface area contributed by atoms with Crippen molar-refractivity contribution in [3.8, 4) is 0 Å². The van der Waals surface area contributed by atoms with Crippen LogP contribution in [0.25, 0.3) is 0 Å². The highest BCUT2D eigenvalue weighted by atomic mass is 79.9. The van der Waals surface area contributed by atoms with Gasteiger partial charge in [0, 0.05) is 42.8 Å². The van der Waals surface area contributed by atoms with Crippen LogP contribution in [0.2, 0.25) is 0 Å². The number of alkyl halides is 1. The largest absolute Gasteiger partial charge is 0.353 e. The van der Waals surface area contributed by atoms with Crippen LogP contribution >= 0.6 is 15.9 Å². The number of anilines is 1. The highest BCUT2D eigenvalue weighted by Crippen LogP contribution is 2.44. The second-order valence-electron chi connectivity index (χ2n) is 7.75. The second kappa shape index (κ2) is 8.36. The second-order valence-corrected chi connectivity index (χ2v) is 8.67. The van der Waals surface area contributed by atoms with Crippen molar-refractivity contribution in [3.63, 3.8) is 0 Å². The molecular formula is C21H25BrFN5O. The lowest BCUT2D eigenvalue weighted by Gasteiger charge is -2.37. The van der Waals surface area contributed by atoms with Crippen LogP contribution in [0.5, 0.6) is 0 Å². The third kappa shape index (κ3) is 3.88. The van der Waals surface area contributed by atoms with Gasteiger partial charge in [-0.05, 0) is 30.0 Å². The summed E-state index contributed by atoms with van der Waals surface area (Å²) in [6.45, 7) is 4.81. The Morgan fingerprint density at radius 2 is 1.93 bits per heavy atom. The number of piperazine rings is 1. The maximum Gasteiger partial charge on any atom is 0.231 e. The molecule has 1 amide bonds. The highest BCUT2D eigenvalue weighted by molar-refractivity contribution is 9.10. The summed E-state index contributed by atoms with van der Waals surface area (Å²) in [6.07, 6.45) is 0.903. The first-order chi connectivity index (χ1) is 14.0. The van der Waals surface area contributed by atoms with Gasteiger partial charge >= 0.3 is 0 Å². The molecule has 2 aromatic rings. The average Bonchev–Trinajstić information content (AvgIpc) is 3.04. The summed E-state index contributed by atoms with van der Waals surface area (Å²) >= 11 is 3.42. The molecule has 6 nitrogen and oxygen atoms in total. The smallest absolute Gasteiger partial charge is 0.231 e. The molecule has 1 aromatic carbocycles. The minimum atomic E-state index is -1.01. The van der Waals surface area contributed by atoms with Gasteiger partial charge in [-0.15, -0.1) is 0 Å². The van der Waals surface area contributed by atoms with Gasteiger partial charge in [0.1, 0.15) is 18.3 Å². The maximum atomic E-state index is 14.2. The van der Waals surface area contributed by atoms with E-state index in [9.17, 15) is 9.18 Å². The van der Waals surface area contributed by atoms with E-state index in [1.807, 2.05) is 36.1 Å². The Balaban J connectivity index is 1.46. The summed E-state index contributed by atoms with van der Waals surface area (Å²) < 4.78 is 15.2. The fourth-order valence-electron chi connectivity index (χ4n) is 4.35. The standard InChI is InChI=1S/C21H25BrFN5O/c1-13-10-17(23)19-18(13)20(26-12-25-19)27-6-8-28(9-7-27)21(29)16(11-24)14-2-4-15(22)5-3-14/h2-5,12-13,16-17H,6-11,24H2,1H3/t13-,16?,17-/m1/s1. The van der Waals surface area contributed by atoms with Crippen LogP contribution in [0.3, 0.4) is 0 Å². The summed E-state index contributed by atoms with van der Waals surface area (Å²) in [5, 5.41) is 0. The van der Waals surface area contributed by atoms with E-state index >= 15 is 0 Å². The van der Waals surface area contributed by atoms with E-state index in [1.165, 1.54) is 6.33 Å². The third-order valence-electron chi connectivity index (χ3n) is 5.94. The van der Waals surface area contributed by atoms with Crippen LogP contribution in [-0.4, -0.2) is 53.5 Å². The van der Waals surface area contributed by atoms with Crippen molar-refractivity contribution in [2.24, 2.45) is 5.73 Å². The number of benzene rings is 1. The average molecular weight is 462 g/mol. The molecule has 1 fully saturated rings. The molecule has 3 atom stereocenters. The van der Waals surface area contributed by atoms with Gasteiger partial charge in [-0.2, -0.15) is 0 Å². The number of rotatable bonds is 4. The quantitative estimate of drug-likeness (QED) is 0.756. The fourth-order valence-corrected chi connectivity index (χ4v) is 4.61. The van der Waals surface area contributed by atoms with E-state index < -0.39 is 6.17 Å². The molecule has 1 aliphatic heterocycles. The predicted octanol–water partition coefficient (Wildman–Crippen LogP) is 3.15. The topological polar surface area (TPSA) is 75.4 Å². The Hall–Kier alpha value is -2.06. The van der Waals surface area contributed by atoms with Crippen LogP contribution in [-0.2, 0) is 4.79 Å². The zero-order valence-electron chi connectivity index (χ0n) is 16.4. The van der Waals surface area contributed by atoms with Gasteiger partial charge in [0.15, 0.2) is 0 Å². The lowest BCUT2D eigenvalue weighted by Crippen LogP contribution is -2.51. The van der Waals surface area contributed by atoms with Gasteiger partial charge in [-0.3, -0.25) is 4.79 Å². The molecule has 2 aliphatic rings. The lowest BCUT2D eigenvalue weighted by atomic mass is 9.97. The van der Waals surface area contributed by atoms with E-state index in [2.05, 4.69) is 30.8 Å². The molecule has 0 radical (unpaired) electrons. The molecule has 0 spiro atoms. The Labute approximate surface area is 178 Å². The summed E-state index contributed by atoms with van der Waals surface area (Å²) in [5.41, 5.74) is 8.32. The van der Waals surface area contributed by atoms with Gasteiger partial charge in [0.2, 0.25) is 5.91 Å². The number of hydrogen-bond donors (Lipinski definition) is 1. The Morgan fingerprint density at radius 3 is 2.59 bits per heavy atom. The summed E-state index contributed by atoms with van der Waals surface area (Å²) in [7, 11) is 0. The number of amides is 1. The van der Waals surface area contributed by atoms with Crippen LogP contribution in [0.1, 0.15) is 48.2 Å².